The van der Waals surface area contributed by atoms with Crippen LogP contribution in [-0.4, -0.2) is 62.5 Å². The van der Waals surface area contributed by atoms with Crippen molar-refractivity contribution in [2.75, 3.05) is 36.8 Å². The number of rotatable bonds is 6. The molecule has 2 aromatic heterocycles. The van der Waals surface area contributed by atoms with Crippen molar-refractivity contribution < 1.29 is 4.79 Å². The van der Waals surface area contributed by atoms with E-state index in [1.54, 1.807) is 12.4 Å². The minimum atomic E-state index is 0.128. The number of aryl methyl sites for hydroxylation is 2. The van der Waals surface area contributed by atoms with Crippen molar-refractivity contribution in [3.05, 3.63) is 84.2 Å². The summed E-state index contributed by atoms with van der Waals surface area (Å²) in [5.41, 5.74) is 5.54. The van der Waals surface area contributed by atoms with Gasteiger partial charge in [-0.15, -0.1) is 10.2 Å². The van der Waals surface area contributed by atoms with Crippen LogP contribution in [0.2, 0.25) is 0 Å². The van der Waals surface area contributed by atoms with Crippen LogP contribution in [0.1, 0.15) is 11.1 Å². The third-order valence-corrected chi connectivity index (χ3v) is 7.31. The van der Waals surface area contributed by atoms with Gasteiger partial charge in [-0.2, -0.15) is 0 Å². The van der Waals surface area contributed by atoms with Crippen LogP contribution in [0.3, 0.4) is 0 Å². The Morgan fingerprint density at radius 2 is 1.60 bits per heavy atom. The molecule has 0 bridgehead atoms. The highest BCUT2D eigenvalue weighted by molar-refractivity contribution is 7.99. The van der Waals surface area contributed by atoms with E-state index in [-0.39, 0.29) is 5.91 Å². The number of para-hydroxylation sites is 1. The zero-order valence-electron chi connectivity index (χ0n) is 20.0. The molecule has 0 radical (unpaired) electrons. The third-order valence-electron chi connectivity index (χ3n) is 6.40. The Morgan fingerprint density at radius 1 is 0.857 bits per heavy atom. The van der Waals surface area contributed by atoms with Crippen LogP contribution < -0.4 is 4.90 Å². The Kier molecular flexibility index (Phi) is 6.81. The number of pyridine rings is 1. The number of amides is 1. The van der Waals surface area contributed by atoms with E-state index in [2.05, 4.69) is 76.4 Å². The largest absolute Gasteiger partial charge is 0.368 e. The summed E-state index contributed by atoms with van der Waals surface area (Å²) in [6, 6.07) is 20.5. The molecule has 178 valence electrons. The molecule has 35 heavy (non-hydrogen) atoms. The van der Waals surface area contributed by atoms with Gasteiger partial charge in [0, 0.05) is 49.8 Å². The van der Waals surface area contributed by atoms with Gasteiger partial charge in [0.2, 0.25) is 5.91 Å². The summed E-state index contributed by atoms with van der Waals surface area (Å²) in [6.07, 6.45) is 3.50. The van der Waals surface area contributed by atoms with E-state index in [0.717, 1.165) is 43.3 Å². The van der Waals surface area contributed by atoms with Gasteiger partial charge in [-0.1, -0.05) is 36.0 Å². The van der Waals surface area contributed by atoms with Crippen molar-refractivity contribution in [2.24, 2.45) is 0 Å². The Hall–Kier alpha value is -3.65. The van der Waals surface area contributed by atoms with E-state index in [1.165, 1.54) is 28.6 Å². The molecule has 4 aromatic rings. The first kappa shape index (κ1) is 23.1. The number of aromatic nitrogens is 4. The van der Waals surface area contributed by atoms with Crippen LogP contribution in [-0.2, 0) is 4.79 Å². The molecule has 0 saturated carbocycles. The van der Waals surface area contributed by atoms with Gasteiger partial charge in [-0.25, -0.2) is 0 Å². The van der Waals surface area contributed by atoms with Gasteiger partial charge in [0.15, 0.2) is 11.0 Å². The fraction of sp³-hybridized carbons (Fsp3) is 0.259. The molecule has 1 fully saturated rings. The number of thioether (sulfide) groups is 1. The highest BCUT2D eigenvalue weighted by Crippen LogP contribution is 2.29. The van der Waals surface area contributed by atoms with Gasteiger partial charge < -0.3 is 9.80 Å². The molecule has 0 spiro atoms. The molecule has 0 atom stereocenters. The summed E-state index contributed by atoms with van der Waals surface area (Å²) in [7, 11) is 0. The van der Waals surface area contributed by atoms with Gasteiger partial charge in [0.05, 0.1) is 11.4 Å². The van der Waals surface area contributed by atoms with Crippen molar-refractivity contribution in [1.82, 2.24) is 24.6 Å². The Bertz CT molecular complexity index is 1300. The van der Waals surface area contributed by atoms with Crippen LogP contribution in [0.25, 0.3) is 17.1 Å². The van der Waals surface area contributed by atoms with E-state index in [9.17, 15) is 4.79 Å². The number of carbonyl (C=O) groups is 1. The van der Waals surface area contributed by atoms with Crippen molar-refractivity contribution in [1.29, 1.82) is 0 Å². The summed E-state index contributed by atoms with van der Waals surface area (Å²) in [4.78, 5) is 21.5. The Labute approximate surface area is 209 Å². The lowest BCUT2D eigenvalue weighted by molar-refractivity contribution is -0.128. The molecule has 7 nitrogen and oxygen atoms in total. The van der Waals surface area contributed by atoms with Crippen LogP contribution in [0.15, 0.2) is 78.2 Å². The number of hydrogen-bond acceptors (Lipinski definition) is 6. The number of carbonyl (C=O) groups excluding carboxylic acids is 1. The quantitative estimate of drug-likeness (QED) is 0.378. The molecule has 3 heterocycles. The molecular formula is C27H28N6OS. The number of benzene rings is 2. The van der Waals surface area contributed by atoms with Gasteiger partial charge in [0.1, 0.15) is 0 Å². The highest BCUT2D eigenvalue weighted by atomic mass is 32.2. The average Bonchev–Trinajstić information content (AvgIpc) is 3.34. The fourth-order valence-corrected chi connectivity index (χ4v) is 5.07. The molecule has 0 N–H and O–H groups in total. The molecule has 1 saturated heterocycles. The molecule has 0 aliphatic carbocycles. The summed E-state index contributed by atoms with van der Waals surface area (Å²) in [6.45, 7) is 7.32. The highest BCUT2D eigenvalue weighted by Gasteiger charge is 2.23. The maximum Gasteiger partial charge on any atom is 0.233 e. The first-order valence-electron chi connectivity index (χ1n) is 11.7. The third kappa shape index (κ3) is 5.07. The van der Waals surface area contributed by atoms with E-state index in [1.807, 2.05) is 27.7 Å². The summed E-state index contributed by atoms with van der Waals surface area (Å²) >= 11 is 1.44. The van der Waals surface area contributed by atoms with E-state index in [0.29, 0.717) is 10.9 Å². The predicted octanol–water partition coefficient (Wildman–Crippen LogP) is 4.39. The molecule has 2 aromatic carbocycles. The smallest absolute Gasteiger partial charge is 0.233 e. The first-order chi connectivity index (χ1) is 17.1. The summed E-state index contributed by atoms with van der Waals surface area (Å²) in [5, 5.41) is 9.65. The van der Waals surface area contributed by atoms with Crippen LogP contribution in [0.4, 0.5) is 5.69 Å². The van der Waals surface area contributed by atoms with Crippen molar-refractivity contribution in [3.8, 4) is 17.1 Å². The van der Waals surface area contributed by atoms with Crippen LogP contribution in [0, 0.1) is 13.8 Å². The summed E-state index contributed by atoms with van der Waals surface area (Å²) in [5.74, 6) is 1.19. The van der Waals surface area contributed by atoms with E-state index >= 15 is 0 Å². The maximum atomic E-state index is 13.1. The lowest BCUT2D eigenvalue weighted by Crippen LogP contribution is -2.49. The van der Waals surface area contributed by atoms with Crippen molar-refractivity contribution in [3.63, 3.8) is 0 Å². The monoisotopic (exact) mass is 484 g/mol. The molecule has 1 aliphatic heterocycles. The zero-order valence-corrected chi connectivity index (χ0v) is 20.8. The number of hydrogen-bond donors (Lipinski definition) is 0. The van der Waals surface area contributed by atoms with Gasteiger partial charge in [-0.05, 0) is 61.4 Å². The van der Waals surface area contributed by atoms with Gasteiger partial charge in [-0.3, -0.25) is 14.3 Å². The first-order valence-corrected chi connectivity index (χ1v) is 12.7. The SMILES string of the molecule is Cc1ccc(-n2c(SCC(=O)N3CCN(c4ccccc4)CC3)nnc2-c2ccncc2)cc1C. The topological polar surface area (TPSA) is 67.2 Å². The lowest BCUT2D eigenvalue weighted by atomic mass is 10.1. The second kappa shape index (κ2) is 10.3. The van der Waals surface area contributed by atoms with Crippen LogP contribution in [0.5, 0.6) is 0 Å². The normalized spacial score (nSPS) is 13.8. The van der Waals surface area contributed by atoms with E-state index < -0.39 is 0 Å². The number of piperazine rings is 1. The Balaban J connectivity index is 1.32. The second-order valence-corrected chi connectivity index (χ2v) is 9.58. The number of nitrogens with zero attached hydrogens (tertiary/aromatic N) is 6. The minimum Gasteiger partial charge on any atom is -0.368 e. The van der Waals surface area contributed by atoms with Gasteiger partial charge >= 0.3 is 0 Å². The molecule has 1 amide bonds. The molecule has 8 heteroatoms. The second-order valence-electron chi connectivity index (χ2n) is 8.64. The van der Waals surface area contributed by atoms with Crippen molar-refractivity contribution in [2.45, 2.75) is 19.0 Å². The summed E-state index contributed by atoms with van der Waals surface area (Å²) < 4.78 is 2.03. The van der Waals surface area contributed by atoms with E-state index in [4.69, 9.17) is 0 Å². The zero-order chi connectivity index (χ0) is 24.2. The predicted molar refractivity (Wildman–Crippen MR) is 140 cm³/mol. The lowest BCUT2D eigenvalue weighted by Gasteiger charge is -2.36. The molecule has 0 unspecified atom stereocenters. The molecule has 5 rings (SSSR count). The van der Waals surface area contributed by atoms with Gasteiger partial charge in [0.25, 0.3) is 0 Å². The van der Waals surface area contributed by atoms with Crippen LogP contribution >= 0.6 is 11.8 Å². The average molecular weight is 485 g/mol. The fourth-order valence-electron chi connectivity index (χ4n) is 4.22. The Morgan fingerprint density at radius 3 is 2.31 bits per heavy atom. The number of anilines is 1. The standard InChI is InChI=1S/C27H28N6OS/c1-20-8-9-24(18-21(20)2)33-26(22-10-12-28-13-11-22)29-30-27(33)35-19-25(34)32-16-14-31(15-17-32)23-6-4-3-5-7-23/h3-13,18H,14-17,19H2,1-2H3. The molecule has 1 aliphatic rings. The maximum absolute atomic E-state index is 13.1. The molecular weight excluding hydrogens is 456 g/mol. The minimum absolute atomic E-state index is 0.128. The van der Waals surface area contributed by atoms with Crippen molar-refractivity contribution >= 4 is 23.4 Å².